The fourth-order valence-corrected chi connectivity index (χ4v) is 5.27. The highest BCUT2D eigenvalue weighted by atomic mass is 32.2. The van der Waals surface area contributed by atoms with Crippen LogP contribution in [0.1, 0.15) is 23.6 Å². The molecule has 9 heteroatoms. The number of sulfonamides is 1. The smallest absolute Gasteiger partial charge is 0.264 e. The van der Waals surface area contributed by atoms with Crippen LogP contribution in [0.4, 0.5) is 10.1 Å². The Hall–Kier alpha value is -3.72. The molecule has 0 aliphatic rings. The Morgan fingerprint density at radius 3 is 2.17 bits per heavy atom. The zero-order valence-corrected chi connectivity index (χ0v) is 21.5. The number of rotatable bonds is 9. The van der Waals surface area contributed by atoms with Gasteiger partial charge in [-0.1, -0.05) is 54.1 Å². The number of carbonyl (C=O) groups is 2. The van der Waals surface area contributed by atoms with Gasteiger partial charge in [0.2, 0.25) is 11.8 Å². The summed E-state index contributed by atoms with van der Waals surface area (Å²) in [7, 11) is -2.71. The molecule has 0 aromatic heterocycles. The Morgan fingerprint density at radius 2 is 1.56 bits per heavy atom. The van der Waals surface area contributed by atoms with E-state index in [-0.39, 0.29) is 17.0 Å². The van der Waals surface area contributed by atoms with E-state index in [9.17, 15) is 22.4 Å². The summed E-state index contributed by atoms with van der Waals surface area (Å²) in [5.41, 5.74) is 2.10. The zero-order valence-electron chi connectivity index (χ0n) is 20.7. The maximum atomic E-state index is 14.4. The number of nitrogens with one attached hydrogen (secondary N) is 1. The molecule has 1 N–H and O–H groups in total. The van der Waals surface area contributed by atoms with E-state index >= 15 is 0 Å². The monoisotopic (exact) mass is 511 g/mol. The second-order valence-corrected chi connectivity index (χ2v) is 10.4. The van der Waals surface area contributed by atoms with Crippen LogP contribution in [0.5, 0.6) is 0 Å². The minimum absolute atomic E-state index is 0.0316. The number of hydrogen-bond donors (Lipinski definition) is 1. The molecule has 0 spiro atoms. The minimum Gasteiger partial charge on any atom is -0.357 e. The maximum absolute atomic E-state index is 14.4. The van der Waals surface area contributed by atoms with Crippen LogP contribution in [0.2, 0.25) is 0 Å². The highest BCUT2D eigenvalue weighted by Crippen LogP contribution is 2.27. The predicted octanol–water partition coefficient (Wildman–Crippen LogP) is 3.80. The third-order valence-corrected chi connectivity index (χ3v) is 7.76. The van der Waals surface area contributed by atoms with Crippen LogP contribution >= 0.6 is 0 Å². The van der Waals surface area contributed by atoms with Gasteiger partial charge in [0.25, 0.3) is 10.0 Å². The predicted molar refractivity (Wildman–Crippen MR) is 137 cm³/mol. The molecular weight excluding hydrogens is 481 g/mol. The van der Waals surface area contributed by atoms with Crippen molar-refractivity contribution in [3.63, 3.8) is 0 Å². The first-order valence-electron chi connectivity index (χ1n) is 11.5. The van der Waals surface area contributed by atoms with E-state index in [0.29, 0.717) is 11.3 Å². The molecule has 3 rings (SSSR count). The lowest BCUT2D eigenvalue weighted by molar-refractivity contribution is -0.139. The molecule has 2 amide bonds. The van der Waals surface area contributed by atoms with Gasteiger partial charge in [0, 0.05) is 19.2 Å². The number of benzene rings is 3. The van der Waals surface area contributed by atoms with Crippen molar-refractivity contribution < 1.29 is 22.4 Å². The van der Waals surface area contributed by atoms with Gasteiger partial charge in [-0.3, -0.25) is 13.9 Å². The molecule has 0 bridgehead atoms. The van der Waals surface area contributed by atoms with Gasteiger partial charge in [0.1, 0.15) is 18.4 Å². The lowest BCUT2D eigenvalue weighted by Gasteiger charge is -2.32. The molecule has 0 saturated carbocycles. The molecule has 0 unspecified atom stereocenters. The molecular formula is C27H30FN3O4S. The topological polar surface area (TPSA) is 86.8 Å². The van der Waals surface area contributed by atoms with Crippen molar-refractivity contribution in [1.29, 1.82) is 0 Å². The number of amides is 2. The highest BCUT2D eigenvalue weighted by Gasteiger charge is 2.33. The van der Waals surface area contributed by atoms with Crippen molar-refractivity contribution in [3.8, 4) is 0 Å². The van der Waals surface area contributed by atoms with Gasteiger partial charge >= 0.3 is 0 Å². The largest absolute Gasteiger partial charge is 0.357 e. The number of aryl methyl sites for hydroxylation is 2. The van der Waals surface area contributed by atoms with Crippen molar-refractivity contribution in [2.75, 3.05) is 17.9 Å². The van der Waals surface area contributed by atoms with E-state index in [0.717, 1.165) is 9.87 Å². The van der Waals surface area contributed by atoms with E-state index in [1.165, 1.54) is 49.2 Å². The molecule has 0 aliphatic carbocycles. The number of carbonyl (C=O) groups excluding carboxylic acids is 2. The summed E-state index contributed by atoms with van der Waals surface area (Å²) >= 11 is 0. The van der Waals surface area contributed by atoms with Crippen molar-refractivity contribution in [2.24, 2.45) is 0 Å². The lowest BCUT2D eigenvalue weighted by Crippen LogP contribution is -2.51. The summed E-state index contributed by atoms with van der Waals surface area (Å²) in [5.74, 6) is -1.63. The summed E-state index contributed by atoms with van der Waals surface area (Å²) in [6.45, 7) is 4.34. The van der Waals surface area contributed by atoms with Crippen molar-refractivity contribution >= 4 is 27.5 Å². The molecule has 36 heavy (non-hydrogen) atoms. The van der Waals surface area contributed by atoms with Crippen LogP contribution < -0.4 is 9.62 Å². The SMILES string of the molecule is CNC(=O)[C@H](C)N(Cc1ccccc1F)C(=O)CN(c1ccccc1C)S(=O)(=O)c1ccc(C)cc1. The number of hydrogen-bond acceptors (Lipinski definition) is 4. The average molecular weight is 512 g/mol. The standard InChI is InChI=1S/C27H30FN3O4S/c1-19-13-15-23(16-14-19)36(34,35)31(25-12-8-5-9-20(25)2)18-26(32)30(21(3)27(33)29-4)17-22-10-6-7-11-24(22)28/h5-16,21H,17-18H2,1-4H3,(H,29,33)/t21-/m0/s1. The molecule has 7 nitrogen and oxygen atoms in total. The zero-order chi connectivity index (χ0) is 26.5. The van der Waals surface area contributed by atoms with Crippen LogP contribution in [0.3, 0.4) is 0 Å². The lowest BCUT2D eigenvalue weighted by atomic mass is 10.1. The molecule has 0 aliphatic heterocycles. The van der Waals surface area contributed by atoms with E-state index in [1.54, 1.807) is 49.4 Å². The van der Waals surface area contributed by atoms with Gasteiger partial charge in [-0.2, -0.15) is 0 Å². The Kier molecular flexibility index (Phi) is 8.47. The fraction of sp³-hybridized carbons (Fsp3) is 0.259. The number of para-hydroxylation sites is 1. The van der Waals surface area contributed by atoms with Gasteiger partial charge in [-0.15, -0.1) is 0 Å². The molecule has 0 fully saturated rings. The van der Waals surface area contributed by atoms with Gasteiger partial charge in [-0.25, -0.2) is 12.8 Å². The van der Waals surface area contributed by atoms with E-state index in [1.807, 2.05) is 6.92 Å². The number of anilines is 1. The normalized spacial score (nSPS) is 12.0. The minimum atomic E-state index is -4.14. The third kappa shape index (κ3) is 5.91. The van der Waals surface area contributed by atoms with Gasteiger partial charge in [0.05, 0.1) is 10.6 Å². The first kappa shape index (κ1) is 26.9. The average Bonchev–Trinajstić information content (AvgIpc) is 2.86. The molecule has 0 radical (unpaired) electrons. The molecule has 1 atom stereocenters. The van der Waals surface area contributed by atoms with Crippen LogP contribution in [0.15, 0.2) is 77.7 Å². The first-order valence-corrected chi connectivity index (χ1v) is 12.9. The summed E-state index contributed by atoms with van der Waals surface area (Å²) < 4.78 is 43.0. The molecule has 190 valence electrons. The molecule has 0 saturated heterocycles. The van der Waals surface area contributed by atoms with Crippen molar-refractivity contribution in [3.05, 3.63) is 95.3 Å². The third-order valence-electron chi connectivity index (χ3n) is 5.98. The second kappa shape index (κ2) is 11.3. The molecule has 3 aromatic rings. The van der Waals surface area contributed by atoms with Crippen molar-refractivity contribution in [2.45, 2.75) is 38.3 Å². The van der Waals surface area contributed by atoms with Crippen LogP contribution in [0, 0.1) is 19.7 Å². The van der Waals surface area contributed by atoms with E-state index < -0.39 is 40.2 Å². The van der Waals surface area contributed by atoms with E-state index in [2.05, 4.69) is 5.32 Å². The number of nitrogens with zero attached hydrogens (tertiary/aromatic N) is 2. The van der Waals surface area contributed by atoms with Crippen LogP contribution in [-0.2, 0) is 26.2 Å². The van der Waals surface area contributed by atoms with Gasteiger partial charge in [0.15, 0.2) is 0 Å². The van der Waals surface area contributed by atoms with E-state index in [4.69, 9.17) is 0 Å². The Balaban J connectivity index is 2.06. The van der Waals surface area contributed by atoms with Crippen LogP contribution in [0.25, 0.3) is 0 Å². The summed E-state index contributed by atoms with van der Waals surface area (Å²) in [6, 6.07) is 18.2. The second-order valence-electron chi connectivity index (χ2n) is 8.51. The Labute approximate surface area is 211 Å². The van der Waals surface area contributed by atoms with Crippen LogP contribution in [-0.4, -0.2) is 44.8 Å². The Morgan fingerprint density at radius 1 is 0.944 bits per heavy atom. The van der Waals surface area contributed by atoms with Gasteiger partial charge < -0.3 is 10.2 Å². The molecule has 3 aromatic carbocycles. The fourth-order valence-electron chi connectivity index (χ4n) is 3.80. The summed E-state index contributed by atoms with van der Waals surface area (Å²) in [5, 5.41) is 2.50. The first-order chi connectivity index (χ1) is 17.1. The summed E-state index contributed by atoms with van der Waals surface area (Å²) in [6.07, 6.45) is 0. The number of likely N-dealkylation sites (N-methyl/N-ethyl adjacent to an activating group) is 1. The quantitative estimate of drug-likeness (QED) is 0.474. The highest BCUT2D eigenvalue weighted by molar-refractivity contribution is 7.92. The Bertz CT molecular complexity index is 1340. The van der Waals surface area contributed by atoms with Gasteiger partial charge in [-0.05, 0) is 50.6 Å². The number of halogens is 1. The maximum Gasteiger partial charge on any atom is 0.264 e. The molecule has 0 heterocycles. The van der Waals surface area contributed by atoms with Crippen molar-refractivity contribution in [1.82, 2.24) is 10.2 Å². The summed E-state index contributed by atoms with van der Waals surface area (Å²) in [4.78, 5) is 27.3.